The van der Waals surface area contributed by atoms with Crippen LogP contribution >= 0.6 is 0 Å². The second-order valence-electron chi connectivity index (χ2n) is 7.35. The number of nitrogens with one attached hydrogen (secondary N) is 2. The first-order valence-corrected chi connectivity index (χ1v) is 9.54. The molecule has 140 valence electrons. The molecule has 0 bridgehead atoms. The molecule has 27 heavy (non-hydrogen) atoms. The summed E-state index contributed by atoms with van der Waals surface area (Å²) in [6.45, 7) is 4.29. The fraction of sp³-hybridized carbons (Fsp3) is 0.381. The lowest BCUT2D eigenvalue weighted by Crippen LogP contribution is -2.37. The molecular formula is C21H25N5O. The van der Waals surface area contributed by atoms with Crippen LogP contribution in [-0.4, -0.2) is 40.4 Å². The highest BCUT2D eigenvalue weighted by atomic mass is 16.1. The van der Waals surface area contributed by atoms with Crippen molar-refractivity contribution in [2.24, 2.45) is 5.92 Å². The van der Waals surface area contributed by atoms with E-state index < -0.39 is 0 Å². The molecule has 1 saturated heterocycles. The van der Waals surface area contributed by atoms with Gasteiger partial charge in [0, 0.05) is 31.4 Å². The predicted octanol–water partition coefficient (Wildman–Crippen LogP) is 3.55. The Kier molecular flexibility index (Phi) is 5.05. The highest BCUT2D eigenvalue weighted by Gasteiger charge is 2.24. The number of piperidine rings is 1. The number of anilines is 2. The van der Waals surface area contributed by atoms with E-state index in [9.17, 15) is 4.79 Å². The molecule has 2 aromatic heterocycles. The lowest BCUT2D eigenvalue weighted by molar-refractivity contribution is -0.118. The number of carbonyl (C=O) groups excluding carboxylic acids is 1. The summed E-state index contributed by atoms with van der Waals surface area (Å²) >= 11 is 0. The van der Waals surface area contributed by atoms with Gasteiger partial charge in [0.15, 0.2) is 5.78 Å². The van der Waals surface area contributed by atoms with Crippen LogP contribution in [0.1, 0.15) is 24.8 Å². The van der Waals surface area contributed by atoms with Crippen LogP contribution in [-0.2, 0) is 4.79 Å². The molecule has 1 atom stereocenters. The zero-order chi connectivity index (χ0) is 18.6. The molecule has 2 N–H and O–H groups in total. The Balaban J connectivity index is 1.35. The van der Waals surface area contributed by atoms with Gasteiger partial charge in [-0.05, 0) is 43.9 Å². The van der Waals surface area contributed by atoms with Crippen molar-refractivity contribution >= 4 is 28.3 Å². The van der Waals surface area contributed by atoms with Crippen LogP contribution in [0.2, 0.25) is 0 Å². The highest BCUT2D eigenvalue weighted by Crippen LogP contribution is 2.28. The minimum Gasteiger partial charge on any atom is -0.378 e. The normalized spacial score (nSPS) is 17.2. The van der Waals surface area contributed by atoms with Crippen molar-refractivity contribution in [2.75, 3.05) is 29.9 Å². The zero-order valence-corrected chi connectivity index (χ0v) is 15.6. The Morgan fingerprint density at radius 2 is 2.11 bits per heavy atom. The number of hydrogen-bond acceptors (Lipinski definition) is 5. The second kappa shape index (κ2) is 7.78. The molecule has 6 heteroatoms. The third kappa shape index (κ3) is 4.10. The first-order chi connectivity index (χ1) is 13.2. The third-order valence-electron chi connectivity index (χ3n) is 5.21. The number of ketones is 1. The second-order valence-corrected chi connectivity index (χ2v) is 7.35. The van der Waals surface area contributed by atoms with Crippen LogP contribution in [0.5, 0.6) is 0 Å². The van der Waals surface area contributed by atoms with E-state index in [2.05, 4.69) is 44.2 Å². The van der Waals surface area contributed by atoms with E-state index in [4.69, 9.17) is 0 Å². The topological polar surface area (TPSA) is 73.9 Å². The van der Waals surface area contributed by atoms with Crippen molar-refractivity contribution in [3.63, 3.8) is 0 Å². The van der Waals surface area contributed by atoms with Crippen molar-refractivity contribution in [1.29, 1.82) is 0 Å². The Morgan fingerprint density at radius 3 is 2.96 bits per heavy atom. The lowest BCUT2D eigenvalue weighted by atomic mass is 9.92. The molecule has 0 radical (unpaired) electrons. The molecule has 3 heterocycles. The number of H-pyrrole nitrogens is 1. The summed E-state index contributed by atoms with van der Waals surface area (Å²) in [4.78, 5) is 26.7. The van der Waals surface area contributed by atoms with Gasteiger partial charge in [-0.25, -0.2) is 9.97 Å². The van der Waals surface area contributed by atoms with Crippen LogP contribution in [0.15, 0.2) is 42.9 Å². The van der Waals surface area contributed by atoms with Crippen molar-refractivity contribution in [3.05, 3.63) is 48.4 Å². The summed E-state index contributed by atoms with van der Waals surface area (Å²) in [7, 11) is 0. The predicted molar refractivity (Wildman–Crippen MR) is 108 cm³/mol. The van der Waals surface area contributed by atoms with E-state index >= 15 is 0 Å². The Labute approximate surface area is 159 Å². The molecule has 0 spiro atoms. The average molecular weight is 363 g/mol. The van der Waals surface area contributed by atoms with Gasteiger partial charge in [0.1, 0.15) is 17.8 Å². The molecule has 0 saturated carbocycles. The van der Waals surface area contributed by atoms with Crippen LogP contribution in [0.3, 0.4) is 0 Å². The Bertz CT molecular complexity index is 918. The van der Waals surface area contributed by atoms with Gasteiger partial charge in [0.05, 0.1) is 11.9 Å². The molecule has 0 aliphatic carbocycles. The first kappa shape index (κ1) is 17.5. The Hall–Kier alpha value is -2.89. The van der Waals surface area contributed by atoms with E-state index in [0.29, 0.717) is 18.9 Å². The first-order valence-electron chi connectivity index (χ1n) is 9.54. The van der Waals surface area contributed by atoms with E-state index in [1.54, 1.807) is 6.33 Å². The van der Waals surface area contributed by atoms with E-state index in [1.807, 2.05) is 24.4 Å². The number of nitrogens with zero attached hydrogens (tertiary/aromatic N) is 3. The molecule has 3 aromatic rings. The maximum Gasteiger partial charge on any atom is 0.152 e. The van der Waals surface area contributed by atoms with Gasteiger partial charge in [-0.15, -0.1) is 0 Å². The molecule has 4 rings (SSSR count). The number of hydrogen-bond donors (Lipinski definition) is 2. The standard InChI is InChI=1S/C21H25N5O/c1-15-4-6-17(7-5-15)23-12-18(27)11-16-3-2-10-26(13-16)21-19-8-9-22-20(19)24-14-25-21/h4-9,14,16,23H,2-3,10-13H2,1H3,(H,22,24,25)/t16-/m0/s1. The van der Waals surface area contributed by atoms with Gasteiger partial charge >= 0.3 is 0 Å². The number of Topliss-reactive ketones (excluding diaryl/α,β-unsaturated/α-hetero) is 1. The number of aromatic amines is 1. The number of carbonyl (C=O) groups is 1. The fourth-order valence-corrected chi connectivity index (χ4v) is 3.80. The van der Waals surface area contributed by atoms with E-state index in [1.165, 1.54) is 5.56 Å². The molecule has 1 aliphatic rings. The minimum atomic E-state index is 0.261. The third-order valence-corrected chi connectivity index (χ3v) is 5.21. The number of benzene rings is 1. The van der Waals surface area contributed by atoms with Crippen molar-refractivity contribution in [3.8, 4) is 0 Å². The summed E-state index contributed by atoms with van der Waals surface area (Å²) in [5.41, 5.74) is 3.07. The summed E-state index contributed by atoms with van der Waals surface area (Å²) in [6, 6.07) is 10.2. The molecule has 0 amide bonds. The van der Waals surface area contributed by atoms with Crippen LogP contribution in [0, 0.1) is 12.8 Å². The van der Waals surface area contributed by atoms with Crippen LogP contribution < -0.4 is 10.2 Å². The molecule has 6 nitrogen and oxygen atoms in total. The van der Waals surface area contributed by atoms with E-state index in [0.717, 1.165) is 48.5 Å². The summed E-state index contributed by atoms with van der Waals surface area (Å²) in [6.07, 6.45) is 6.28. The largest absolute Gasteiger partial charge is 0.378 e. The molecular weight excluding hydrogens is 338 g/mol. The van der Waals surface area contributed by atoms with Gasteiger partial charge < -0.3 is 15.2 Å². The number of rotatable bonds is 6. The maximum atomic E-state index is 12.5. The lowest BCUT2D eigenvalue weighted by Gasteiger charge is -2.33. The summed E-state index contributed by atoms with van der Waals surface area (Å²) in [5, 5.41) is 4.28. The van der Waals surface area contributed by atoms with Gasteiger partial charge in [-0.3, -0.25) is 4.79 Å². The average Bonchev–Trinajstić information content (AvgIpc) is 3.16. The number of aryl methyl sites for hydroxylation is 1. The van der Waals surface area contributed by atoms with Gasteiger partial charge in [-0.1, -0.05) is 17.7 Å². The Morgan fingerprint density at radius 1 is 1.26 bits per heavy atom. The molecule has 1 aliphatic heterocycles. The van der Waals surface area contributed by atoms with Crippen LogP contribution in [0.25, 0.3) is 11.0 Å². The molecule has 0 unspecified atom stereocenters. The van der Waals surface area contributed by atoms with E-state index in [-0.39, 0.29) is 5.78 Å². The van der Waals surface area contributed by atoms with Crippen molar-refractivity contribution in [1.82, 2.24) is 15.0 Å². The molecule has 1 aromatic carbocycles. The minimum absolute atomic E-state index is 0.261. The fourth-order valence-electron chi connectivity index (χ4n) is 3.80. The van der Waals surface area contributed by atoms with Crippen LogP contribution in [0.4, 0.5) is 11.5 Å². The maximum absolute atomic E-state index is 12.5. The monoisotopic (exact) mass is 363 g/mol. The van der Waals surface area contributed by atoms with Gasteiger partial charge in [0.2, 0.25) is 0 Å². The smallest absolute Gasteiger partial charge is 0.152 e. The van der Waals surface area contributed by atoms with Gasteiger partial charge in [-0.2, -0.15) is 0 Å². The highest BCUT2D eigenvalue weighted by molar-refractivity contribution is 5.87. The quantitative estimate of drug-likeness (QED) is 0.700. The number of aromatic nitrogens is 3. The van der Waals surface area contributed by atoms with Gasteiger partial charge in [0.25, 0.3) is 0 Å². The van der Waals surface area contributed by atoms with Crippen molar-refractivity contribution in [2.45, 2.75) is 26.2 Å². The summed E-state index contributed by atoms with van der Waals surface area (Å²) in [5.74, 6) is 1.60. The zero-order valence-electron chi connectivity index (χ0n) is 15.6. The molecule has 1 fully saturated rings. The van der Waals surface area contributed by atoms with Crippen molar-refractivity contribution < 1.29 is 4.79 Å². The summed E-state index contributed by atoms with van der Waals surface area (Å²) < 4.78 is 0. The number of fused-ring (bicyclic) bond motifs is 1. The SMILES string of the molecule is Cc1ccc(NCC(=O)C[C@@H]2CCCN(c3ncnc4[nH]ccc34)C2)cc1.